The molecule has 7 nitrogen and oxygen atoms in total. The van der Waals surface area contributed by atoms with Crippen LogP contribution in [0.15, 0.2) is 53.1 Å². The number of methoxy groups -OCH3 is 1. The molecule has 0 saturated carbocycles. The molecule has 152 valence electrons. The summed E-state index contributed by atoms with van der Waals surface area (Å²) in [6.45, 7) is 4.33. The van der Waals surface area contributed by atoms with Crippen LogP contribution in [0.1, 0.15) is 31.2 Å². The van der Waals surface area contributed by atoms with Crippen molar-refractivity contribution in [3.05, 3.63) is 60.0 Å². The van der Waals surface area contributed by atoms with E-state index in [9.17, 15) is 4.79 Å². The van der Waals surface area contributed by atoms with Gasteiger partial charge in [-0.15, -0.1) is 0 Å². The minimum Gasteiger partial charge on any atom is -0.497 e. The Labute approximate surface area is 170 Å². The lowest BCUT2D eigenvalue weighted by Gasteiger charge is -2.17. The smallest absolute Gasteiger partial charge is 0.260 e. The average molecular weight is 395 g/mol. The lowest BCUT2D eigenvalue weighted by molar-refractivity contribution is -0.132. The molecule has 0 aliphatic carbocycles. The lowest BCUT2D eigenvalue weighted by atomic mass is 10.0. The zero-order valence-electron chi connectivity index (χ0n) is 17.1. The van der Waals surface area contributed by atoms with Crippen LogP contribution in [0.25, 0.3) is 11.4 Å². The molecule has 0 bridgehead atoms. The Morgan fingerprint density at radius 2 is 1.86 bits per heavy atom. The molecule has 3 rings (SSSR count). The summed E-state index contributed by atoms with van der Waals surface area (Å²) in [7, 11) is 3.29. The molecule has 0 fully saturated rings. The Kier molecular flexibility index (Phi) is 6.49. The molecule has 7 heteroatoms. The fourth-order valence-corrected chi connectivity index (χ4v) is 2.81. The van der Waals surface area contributed by atoms with Crippen molar-refractivity contribution in [3.8, 4) is 22.9 Å². The predicted molar refractivity (Wildman–Crippen MR) is 109 cm³/mol. The van der Waals surface area contributed by atoms with E-state index in [4.69, 9.17) is 14.0 Å². The summed E-state index contributed by atoms with van der Waals surface area (Å²) in [5, 5.41) is 3.98. The summed E-state index contributed by atoms with van der Waals surface area (Å²) in [5.41, 5.74) is 1.88. The van der Waals surface area contributed by atoms with Crippen LogP contribution in [0.3, 0.4) is 0 Å². The number of benzene rings is 2. The average Bonchev–Trinajstić information content (AvgIpc) is 3.20. The number of nitrogens with zero attached hydrogens (tertiary/aromatic N) is 3. The molecule has 3 aromatic rings. The highest BCUT2D eigenvalue weighted by Crippen LogP contribution is 2.26. The van der Waals surface area contributed by atoms with E-state index < -0.39 is 0 Å². The van der Waals surface area contributed by atoms with Crippen molar-refractivity contribution in [1.82, 2.24) is 15.0 Å². The molecule has 0 aliphatic rings. The first-order valence-electron chi connectivity index (χ1n) is 9.40. The van der Waals surface area contributed by atoms with Gasteiger partial charge in [-0.05, 0) is 41.8 Å². The molecule has 0 radical (unpaired) electrons. The van der Waals surface area contributed by atoms with E-state index >= 15 is 0 Å². The van der Waals surface area contributed by atoms with Crippen molar-refractivity contribution < 1.29 is 18.8 Å². The molecule has 1 amide bonds. The van der Waals surface area contributed by atoms with E-state index in [1.807, 2.05) is 48.5 Å². The standard InChI is InChI=1S/C22H25N3O4/c1-15(2)18-7-5-6-8-19(18)28-14-21(26)25(3)13-20-23-22(24-29-20)16-9-11-17(27-4)12-10-16/h5-12,15H,13-14H2,1-4H3. The van der Waals surface area contributed by atoms with Gasteiger partial charge in [0.15, 0.2) is 6.61 Å². The topological polar surface area (TPSA) is 77.7 Å². The number of likely N-dealkylation sites (N-methyl/N-ethyl adjacent to an activating group) is 1. The van der Waals surface area contributed by atoms with Crippen LogP contribution in [0, 0.1) is 0 Å². The van der Waals surface area contributed by atoms with Crippen molar-refractivity contribution in [3.63, 3.8) is 0 Å². The molecular weight excluding hydrogens is 370 g/mol. The van der Waals surface area contributed by atoms with Crippen LogP contribution in [-0.4, -0.2) is 41.7 Å². The molecule has 0 N–H and O–H groups in total. The third-order valence-electron chi connectivity index (χ3n) is 4.51. The quantitative estimate of drug-likeness (QED) is 0.576. The number of carbonyl (C=O) groups is 1. The number of rotatable bonds is 8. The van der Waals surface area contributed by atoms with Crippen LogP contribution < -0.4 is 9.47 Å². The van der Waals surface area contributed by atoms with Gasteiger partial charge in [0.2, 0.25) is 11.7 Å². The third-order valence-corrected chi connectivity index (χ3v) is 4.51. The Hall–Kier alpha value is -3.35. The molecule has 2 aromatic carbocycles. The van der Waals surface area contributed by atoms with E-state index in [0.29, 0.717) is 17.6 Å². The second kappa shape index (κ2) is 9.23. The molecule has 0 saturated heterocycles. The highest BCUT2D eigenvalue weighted by Gasteiger charge is 2.16. The Balaban J connectivity index is 1.58. The number of amides is 1. The number of hydrogen-bond acceptors (Lipinski definition) is 6. The van der Waals surface area contributed by atoms with E-state index in [2.05, 4.69) is 24.0 Å². The normalized spacial score (nSPS) is 10.8. The van der Waals surface area contributed by atoms with Gasteiger partial charge < -0.3 is 18.9 Å². The number of carbonyl (C=O) groups excluding carboxylic acids is 1. The maximum absolute atomic E-state index is 12.4. The SMILES string of the molecule is COc1ccc(-c2noc(CN(C)C(=O)COc3ccccc3C(C)C)n2)cc1. The second-order valence-corrected chi connectivity index (χ2v) is 6.97. The van der Waals surface area contributed by atoms with Crippen molar-refractivity contribution in [1.29, 1.82) is 0 Å². The van der Waals surface area contributed by atoms with Crippen LogP contribution in [0.5, 0.6) is 11.5 Å². The van der Waals surface area contributed by atoms with Gasteiger partial charge in [-0.1, -0.05) is 37.2 Å². The number of aromatic nitrogens is 2. The highest BCUT2D eigenvalue weighted by molar-refractivity contribution is 5.77. The van der Waals surface area contributed by atoms with E-state index in [1.165, 1.54) is 4.90 Å². The number of para-hydroxylation sites is 1. The minimum absolute atomic E-state index is 0.0558. The second-order valence-electron chi connectivity index (χ2n) is 6.97. The van der Waals surface area contributed by atoms with Gasteiger partial charge >= 0.3 is 0 Å². The molecule has 1 heterocycles. The van der Waals surface area contributed by atoms with Gasteiger partial charge in [-0.2, -0.15) is 4.98 Å². The van der Waals surface area contributed by atoms with Crippen LogP contribution in [0.4, 0.5) is 0 Å². The van der Waals surface area contributed by atoms with Crippen LogP contribution in [0.2, 0.25) is 0 Å². The monoisotopic (exact) mass is 395 g/mol. The summed E-state index contributed by atoms with van der Waals surface area (Å²) in [4.78, 5) is 18.3. The van der Waals surface area contributed by atoms with Crippen molar-refractivity contribution in [2.45, 2.75) is 26.3 Å². The first kappa shape index (κ1) is 20.4. The van der Waals surface area contributed by atoms with Gasteiger partial charge in [0.25, 0.3) is 5.91 Å². The summed E-state index contributed by atoms with van der Waals surface area (Å²) >= 11 is 0. The minimum atomic E-state index is -0.173. The summed E-state index contributed by atoms with van der Waals surface area (Å²) in [5.74, 6) is 2.44. The maximum atomic E-state index is 12.4. The summed E-state index contributed by atoms with van der Waals surface area (Å²) < 4.78 is 16.2. The molecular formula is C22H25N3O4. The Morgan fingerprint density at radius 3 is 2.55 bits per heavy atom. The summed E-state index contributed by atoms with van der Waals surface area (Å²) in [6.07, 6.45) is 0. The number of ether oxygens (including phenoxy) is 2. The fourth-order valence-electron chi connectivity index (χ4n) is 2.81. The van der Waals surface area contributed by atoms with Gasteiger partial charge in [-0.25, -0.2) is 0 Å². The Bertz CT molecular complexity index is 951. The molecule has 29 heavy (non-hydrogen) atoms. The molecule has 1 aromatic heterocycles. The fraction of sp³-hybridized carbons (Fsp3) is 0.318. The zero-order valence-corrected chi connectivity index (χ0v) is 17.1. The third kappa shape index (κ3) is 5.13. The van der Waals surface area contributed by atoms with Gasteiger partial charge in [0.05, 0.1) is 13.7 Å². The van der Waals surface area contributed by atoms with Crippen molar-refractivity contribution in [2.24, 2.45) is 0 Å². The van der Waals surface area contributed by atoms with Gasteiger partial charge in [0.1, 0.15) is 11.5 Å². The first-order chi connectivity index (χ1) is 14.0. The van der Waals surface area contributed by atoms with E-state index in [-0.39, 0.29) is 19.1 Å². The molecule has 0 unspecified atom stereocenters. The van der Waals surface area contributed by atoms with E-state index in [0.717, 1.165) is 22.6 Å². The maximum Gasteiger partial charge on any atom is 0.260 e. The zero-order chi connectivity index (χ0) is 20.8. The predicted octanol–water partition coefficient (Wildman–Crippen LogP) is 3.91. The van der Waals surface area contributed by atoms with Crippen LogP contribution >= 0.6 is 0 Å². The highest BCUT2D eigenvalue weighted by atomic mass is 16.5. The van der Waals surface area contributed by atoms with Crippen molar-refractivity contribution in [2.75, 3.05) is 20.8 Å². The largest absolute Gasteiger partial charge is 0.497 e. The van der Waals surface area contributed by atoms with Crippen LogP contribution in [-0.2, 0) is 11.3 Å². The Morgan fingerprint density at radius 1 is 1.14 bits per heavy atom. The van der Waals surface area contributed by atoms with E-state index in [1.54, 1.807) is 14.2 Å². The van der Waals surface area contributed by atoms with Gasteiger partial charge in [-0.3, -0.25) is 4.79 Å². The molecule has 0 atom stereocenters. The molecule has 0 spiro atoms. The summed E-state index contributed by atoms with van der Waals surface area (Å²) in [6, 6.07) is 15.1. The first-order valence-corrected chi connectivity index (χ1v) is 9.40. The lowest BCUT2D eigenvalue weighted by Crippen LogP contribution is -2.31. The molecule has 0 aliphatic heterocycles. The number of hydrogen-bond donors (Lipinski definition) is 0. The van der Waals surface area contributed by atoms with Crippen molar-refractivity contribution >= 4 is 5.91 Å². The van der Waals surface area contributed by atoms with Gasteiger partial charge in [0, 0.05) is 12.6 Å².